The Kier molecular flexibility index (Phi) is 3.91. The molecule has 0 aliphatic rings. The molecule has 0 N–H and O–H groups in total. The fourth-order valence-electron chi connectivity index (χ4n) is 1.87. The van der Waals surface area contributed by atoms with E-state index >= 15 is 0 Å². The Balaban J connectivity index is 2.59. The van der Waals surface area contributed by atoms with E-state index in [0.717, 1.165) is 22.4 Å². The average molecular weight is 311 g/mol. The largest absolute Gasteiger partial charge is 0.493 e. The molecule has 2 rings (SSSR count). The van der Waals surface area contributed by atoms with Crippen LogP contribution in [0.1, 0.15) is 6.92 Å². The van der Waals surface area contributed by atoms with Gasteiger partial charge in [0.1, 0.15) is 5.82 Å². The van der Waals surface area contributed by atoms with Crippen molar-refractivity contribution < 1.29 is 9.47 Å². The molecule has 2 aromatic rings. The molecule has 0 spiro atoms. The molecule has 0 amide bonds. The molecule has 0 saturated heterocycles. The lowest BCUT2D eigenvalue weighted by Crippen LogP contribution is -1.99. The Morgan fingerprint density at radius 2 is 2.06 bits per heavy atom. The van der Waals surface area contributed by atoms with Gasteiger partial charge in [-0.05, 0) is 35.0 Å². The van der Waals surface area contributed by atoms with E-state index in [0.29, 0.717) is 11.5 Å². The van der Waals surface area contributed by atoms with E-state index in [1.165, 1.54) is 0 Å². The predicted octanol–water partition coefficient (Wildman–Crippen LogP) is 3.35. The van der Waals surface area contributed by atoms with Crippen LogP contribution in [0.2, 0.25) is 0 Å². The fourth-order valence-corrected chi connectivity index (χ4v) is 2.54. The van der Waals surface area contributed by atoms with Gasteiger partial charge in [-0.15, -0.1) is 0 Å². The van der Waals surface area contributed by atoms with Crippen LogP contribution in [-0.4, -0.2) is 23.8 Å². The van der Waals surface area contributed by atoms with Crippen LogP contribution in [0.3, 0.4) is 0 Å². The predicted molar refractivity (Wildman–Crippen MR) is 74.1 cm³/mol. The van der Waals surface area contributed by atoms with Gasteiger partial charge in [0.05, 0.1) is 18.7 Å². The van der Waals surface area contributed by atoms with Gasteiger partial charge in [-0.25, -0.2) is 4.98 Å². The molecule has 18 heavy (non-hydrogen) atoms. The van der Waals surface area contributed by atoms with Crippen LogP contribution in [0.25, 0.3) is 11.4 Å². The van der Waals surface area contributed by atoms with Crippen LogP contribution in [0.15, 0.2) is 29.0 Å². The summed E-state index contributed by atoms with van der Waals surface area (Å²) in [4.78, 5) is 4.39. The molecular formula is C13H15BrN2O2. The van der Waals surface area contributed by atoms with Gasteiger partial charge in [-0.3, -0.25) is 0 Å². The lowest BCUT2D eigenvalue weighted by Gasteiger charge is -2.13. The van der Waals surface area contributed by atoms with Gasteiger partial charge in [0.25, 0.3) is 0 Å². The number of ether oxygens (including phenoxy) is 2. The summed E-state index contributed by atoms with van der Waals surface area (Å²) in [6.07, 6.45) is 3.75. The molecule has 0 saturated carbocycles. The smallest absolute Gasteiger partial charge is 0.175 e. The maximum Gasteiger partial charge on any atom is 0.175 e. The molecule has 0 unspecified atom stereocenters. The third-order valence-electron chi connectivity index (χ3n) is 2.78. The summed E-state index contributed by atoms with van der Waals surface area (Å²) in [5.74, 6) is 2.29. The minimum absolute atomic E-state index is 0.681. The van der Waals surface area contributed by atoms with Gasteiger partial charge in [-0.1, -0.05) is 0 Å². The van der Waals surface area contributed by atoms with Crippen LogP contribution in [0, 0.1) is 0 Å². The zero-order chi connectivity index (χ0) is 13.1. The normalized spacial score (nSPS) is 10.4. The number of benzene rings is 1. The molecule has 4 nitrogen and oxygen atoms in total. The number of halogens is 1. The number of hydrogen-bond donors (Lipinski definition) is 0. The summed E-state index contributed by atoms with van der Waals surface area (Å²) in [7, 11) is 3.25. The van der Waals surface area contributed by atoms with Crippen LogP contribution < -0.4 is 9.47 Å². The highest BCUT2D eigenvalue weighted by atomic mass is 79.9. The van der Waals surface area contributed by atoms with Crippen molar-refractivity contribution in [3.05, 3.63) is 29.0 Å². The summed E-state index contributed by atoms with van der Waals surface area (Å²) >= 11 is 3.56. The third kappa shape index (κ3) is 2.10. The number of aromatic nitrogens is 2. The first-order chi connectivity index (χ1) is 8.72. The van der Waals surface area contributed by atoms with Gasteiger partial charge < -0.3 is 14.0 Å². The number of aryl methyl sites for hydroxylation is 1. The van der Waals surface area contributed by atoms with Crippen molar-refractivity contribution in [2.24, 2.45) is 0 Å². The molecule has 0 radical (unpaired) electrons. The van der Waals surface area contributed by atoms with Crippen molar-refractivity contribution in [2.45, 2.75) is 13.5 Å². The maximum atomic E-state index is 5.37. The Morgan fingerprint density at radius 3 is 2.67 bits per heavy atom. The van der Waals surface area contributed by atoms with Crippen LogP contribution in [0.5, 0.6) is 11.5 Å². The molecule has 1 aromatic heterocycles. The van der Waals surface area contributed by atoms with E-state index in [2.05, 4.69) is 32.4 Å². The number of rotatable bonds is 4. The highest BCUT2D eigenvalue weighted by Crippen LogP contribution is 2.41. The second-order valence-electron chi connectivity index (χ2n) is 3.70. The number of hydrogen-bond acceptors (Lipinski definition) is 3. The molecule has 5 heteroatoms. The SMILES string of the molecule is CCn1ccnc1-c1ccc(OC)c(OC)c1Br. The second-order valence-corrected chi connectivity index (χ2v) is 4.49. The van der Waals surface area contributed by atoms with E-state index in [-0.39, 0.29) is 0 Å². The monoisotopic (exact) mass is 310 g/mol. The zero-order valence-corrected chi connectivity index (χ0v) is 12.2. The molecule has 0 bridgehead atoms. The van der Waals surface area contributed by atoms with Crippen LogP contribution in [-0.2, 0) is 6.54 Å². The van der Waals surface area contributed by atoms with E-state index in [4.69, 9.17) is 9.47 Å². The second kappa shape index (κ2) is 5.44. The number of imidazole rings is 1. The molecule has 0 aliphatic heterocycles. The third-order valence-corrected chi connectivity index (χ3v) is 3.57. The zero-order valence-electron chi connectivity index (χ0n) is 10.6. The highest BCUT2D eigenvalue weighted by molar-refractivity contribution is 9.10. The maximum absolute atomic E-state index is 5.37. The summed E-state index contributed by atoms with van der Waals surface area (Å²) in [6.45, 7) is 2.95. The Bertz CT molecular complexity index is 552. The van der Waals surface area contributed by atoms with E-state index in [1.54, 1.807) is 20.4 Å². The molecule has 96 valence electrons. The van der Waals surface area contributed by atoms with Gasteiger partial charge in [-0.2, -0.15) is 0 Å². The topological polar surface area (TPSA) is 36.3 Å². The molecule has 1 heterocycles. The molecule has 0 atom stereocenters. The van der Waals surface area contributed by atoms with E-state index in [1.807, 2.05) is 18.3 Å². The van der Waals surface area contributed by atoms with Crippen molar-refractivity contribution >= 4 is 15.9 Å². The summed E-state index contributed by atoms with van der Waals surface area (Å²) in [5, 5.41) is 0. The summed E-state index contributed by atoms with van der Waals surface area (Å²) in [6, 6.07) is 3.85. The minimum Gasteiger partial charge on any atom is -0.493 e. The summed E-state index contributed by atoms with van der Waals surface area (Å²) < 4.78 is 13.6. The van der Waals surface area contributed by atoms with Gasteiger partial charge in [0.2, 0.25) is 0 Å². The van der Waals surface area contributed by atoms with Crippen molar-refractivity contribution in [2.75, 3.05) is 14.2 Å². The van der Waals surface area contributed by atoms with Gasteiger partial charge in [0.15, 0.2) is 11.5 Å². The number of methoxy groups -OCH3 is 2. The molecule has 0 fully saturated rings. The first kappa shape index (κ1) is 13.0. The summed E-state index contributed by atoms with van der Waals surface area (Å²) in [5.41, 5.74) is 0.986. The molecule has 0 aliphatic carbocycles. The Labute approximate surface area is 115 Å². The van der Waals surface area contributed by atoms with Crippen molar-refractivity contribution in [1.82, 2.24) is 9.55 Å². The van der Waals surface area contributed by atoms with E-state index in [9.17, 15) is 0 Å². The minimum atomic E-state index is 0.681. The fraction of sp³-hybridized carbons (Fsp3) is 0.308. The first-order valence-electron chi connectivity index (χ1n) is 5.64. The van der Waals surface area contributed by atoms with Crippen molar-refractivity contribution in [3.8, 4) is 22.9 Å². The lowest BCUT2D eigenvalue weighted by molar-refractivity contribution is 0.353. The standard InChI is InChI=1S/C13H15BrN2O2/c1-4-16-8-7-15-13(16)9-5-6-10(17-2)12(18-3)11(9)14/h5-8H,4H2,1-3H3. The Hall–Kier alpha value is -1.49. The molecule has 1 aromatic carbocycles. The van der Waals surface area contributed by atoms with Gasteiger partial charge >= 0.3 is 0 Å². The Morgan fingerprint density at radius 1 is 1.28 bits per heavy atom. The van der Waals surface area contributed by atoms with E-state index < -0.39 is 0 Å². The van der Waals surface area contributed by atoms with Crippen LogP contribution >= 0.6 is 15.9 Å². The number of nitrogens with zero attached hydrogens (tertiary/aromatic N) is 2. The van der Waals surface area contributed by atoms with Crippen LogP contribution in [0.4, 0.5) is 0 Å². The first-order valence-corrected chi connectivity index (χ1v) is 6.44. The lowest BCUT2D eigenvalue weighted by atomic mass is 10.2. The van der Waals surface area contributed by atoms with Crippen molar-refractivity contribution in [1.29, 1.82) is 0 Å². The van der Waals surface area contributed by atoms with Crippen molar-refractivity contribution in [3.63, 3.8) is 0 Å². The molecular weight excluding hydrogens is 296 g/mol. The van der Waals surface area contributed by atoms with Gasteiger partial charge in [0, 0.05) is 24.5 Å². The highest BCUT2D eigenvalue weighted by Gasteiger charge is 2.16. The average Bonchev–Trinajstić information content (AvgIpc) is 2.86. The quantitative estimate of drug-likeness (QED) is 0.869.